The van der Waals surface area contributed by atoms with Gasteiger partial charge < -0.3 is 14.6 Å². The fraction of sp³-hybridized carbons (Fsp3) is 0.500. The maximum absolute atomic E-state index is 11.2. The summed E-state index contributed by atoms with van der Waals surface area (Å²) >= 11 is 0. The molecule has 0 radical (unpaired) electrons. The number of aliphatic carboxylic acids is 1. The first-order chi connectivity index (χ1) is 18.8. The van der Waals surface area contributed by atoms with Gasteiger partial charge in [0.15, 0.2) is 0 Å². The summed E-state index contributed by atoms with van der Waals surface area (Å²) in [6, 6.07) is 8.22. The summed E-state index contributed by atoms with van der Waals surface area (Å²) in [6.07, 6.45) is 13.0. The van der Waals surface area contributed by atoms with E-state index in [1.54, 1.807) is 6.20 Å². The number of allylic oxidation sites excluding steroid dienone is 3. The van der Waals surface area contributed by atoms with Crippen molar-refractivity contribution in [2.24, 2.45) is 0 Å². The third-order valence-electron chi connectivity index (χ3n) is 8.11. The second kappa shape index (κ2) is 11.7. The number of hydrogen-bond donors (Lipinski definition) is 2. The van der Waals surface area contributed by atoms with E-state index < -0.39 is 21.8 Å². The number of aryl methyl sites for hydroxylation is 1. The van der Waals surface area contributed by atoms with Gasteiger partial charge in [0.2, 0.25) is 0 Å². The van der Waals surface area contributed by atoms with Gasteiger partial charge in [0, 0.05) is 47.0 Å². The lowest BCUT2D eigenvalue weighted by atomic mass is 9.81. The summed E-state index contributed by atoms with van der Waals surface area (Å²) in [5.74, 6) is 0.728. The Bertz CT molecular complexity index is 1410. The summed E-state index contributed by atoms with van der Waals surface area (Å²) in [4.78, 5) is 17.4. The second-order valence-electron chi connectivity index (χ2n) is 11.7. The number of rotatable bonds is 12. The van der Waals surface area contributed by atoms with E-state index in [1.807, 2.05) is 17.0 Å². The quantitative estimate of drug-likeness (QED) is 0.221. The topological polar surface area (TPSA) is 127 Å². The highest BCUT2D eigenvalue weighted by atomic mass is 32.2. The van der Waals surface area contributed by atoms with Gasteiger partial charge in [-0.05, 0) is 56.0 Å². The number of carboxylic acids is 1. The minimum absolute atomic E-state index is 0.0454. The van der Waals surface area contributed by atoms with Crippen LogP contribution in [0.2, 0.25) is 0 Å². The first kappa shape index (κ1) is 29.7. The number of nitrogens with zero attached hydrogens (tertiary/aromatic N) is 3. The fourth-order valence-electron chi connectivity index (χ4n) is 5.81. The lowest BCUT2D eigenvalue weighted by Crippen LogP contribution is -2.37. The zero-order valence-electron chi connectivity index (χ0n) is 23.8. The number of carbonyl (C=O) groups is 1. The van der Waals surface area contributed by atoms with Crippen LogP contribution in [0.3, 0.4) is 0 Å². The molecule has 0 aromatic carbocycles. The van der Waals surface area contributed by atoms with Crippen LogP contribution < -0.4 is 14.8 Å². The summed E-state index contributed by atoms with van der Waals surface area (Å²) in [7, 11) is -4.29. The smallest absolute Gasteiger partial charge is 0.303 e. The first-order valence-electron chi connectivity index (χ1n) is 13.9. The van der Waals surface area contributed by atoms with Crippen molar-refractivity contribution in [1.29, 1.82) is 0 Å². The van der Waals surface area contributed by atoms with Gasteiger partial charge in [0.25, 0.3) is 5.82 Å². The molecule has 0 saturated carbocycles. The van der Waals surface area contributed by atoms with Crippen LogP contribution in [-0.4, -0.2) is 47.4 Å². The second-order valence-corrected chi connectivity index (χ2v) is 13.2. The Balaban J connectivity index is 1.53. The van der Waals surface area contributed by atoms with Crippen molar-refractivity contribution >= 4 is 27.7 Å². The van der Waals surface area contributed by atoms with Crippen molar-refractivity contribution in [3.8, 4) is 0 Å². The van der Waals surface area contributed by atoms with Crippen LogP contribution in [0.25, 0.3) is 0 Å². The van der Waals surface area contributed by atoms with Gasteiger partial charge >= 0.3 is 5.97 Å². The van der Waals surface area contributed by atoms with Gasteiger partial charge in [-0.1, -0.05) is 39.8 Å². The van der Waals surface area contributed by atoms with E-state index in [0.717, 1.165) is 42.3 Å². The van der Waals surface area contributed by atoms with E-state index in [0.29, 0.717) is 13.0 Å². The van der Waals surface area contributed by atoms with Gasteiger partial charge in [0.05, 0.1) is 28.4 Å². The number of pyridine rings is 2. The normalized spacial score (nSPS) is 20.1. The molecule has 0 fully saturated rings. The van der Waals surface area contributed by atoms with Gasteiger partial charge in [0.1, 0.15) is 11.9 Å². The molecule has 2 aliphatic heterocycles. The molecule has 0 spiro atoms. The Hall–Kier alpha value is -3.24. The zero-order valence-corrected chi connectivity index (χ0v) is 24.6. The summed E-state index contributed by atoms with van der Waals surface area (Å²) in [6.45, 7) is 9.91. The molecule has 2 aromatic rings. The van der Waals surface area contributed by atoms with Crippen LogP contribution in [-0.2, 0) is 32.3 Å². The molecule has 0 aliphatic carbocycles. The molecule has 216 valence electrons. The molecule has 2 N–H and O–H groups in total. The van der Waals surface area contributed by atoms with Crippen molar-refractivity contribution in [2.75, 3.05) is 22.5 Å². The number of anilines is 2. The first-order valence-corrected chi connectivity index (χ1v) is 15.5. The van der Waals surface area contributed by atoms with Gasteiger partial charge in [-0.3, -0.25) is 10.1 Å². The monoisotopic (exact) mass is 568 g/mol. The Morgan fingerprint density at radius 2 is 1.90 bits per heavy atom. The third-order valence-corrected chi connectivity index (χ3v) is 8.89. The van der Waals surface area contributed by atoms with Crippen molar-refractivity contribution in [3.05, 3.63) is 71.7 Å². The molecule has 1 atom stereocenters. The molecule has 2 aromatic heterocycles. The van der Waals surface area contributed by atoms with E-state index in [-0.39, 0.29) is 29.7 Å². The highest BCUT2D eigenvalue weighted by molar-refractivity contribution is 7.85. The molecule has 0 bridgehead atoms. The Kier molecular flexibility index (Phi) is 8.70. The molecular weight excluding hydrogens is 528 g/mol. The third kappa shape index (κ3) is 6.39. The molecule has 0 saturated heterocycles. The average molecular weight is 569 g/mol. The van der Waals surface area contributed by atoms with Crippen molar-refractivity contribution in [1.82, 2.24) is 4.98 Å². The lowest BCUT2D eigenvalue weighted by molar-refractivity contribution is -0.683. The van der Waals surface area contributed by atoms with Gasteiger partial charge in [-0.2, -0.15) is 0 Å². The van der Waals surface area contributed by atoms with Crippen LogP contribution in [0.1, 0.15) is 70.9 Å². The van der Waals surface area contributed by atoms with E-state index in [9.17, 15) is 17.8 Å². The number of carboxylic acid groups (broad SMARTS) is 1. The van der Waals surface area contributed by atoms with Crippen molar-refractivity contribution in [2.45, 2.75) is 83.2 Å². The summed E-state index contributed by atoms with van der Waals surface area (Å²) in [5, 5.41) is 12.6. The van der Waals surface area contributed by atoms with E-state index >= 15 is 0 Å². The maximum Gasteiger partial charge on any atom is 0.303 e. The van der Waals surface area contributed by atoms with Gasteiger partial charge in [-0.15, -0.1) is 0 Å². The summed E-state index contributed by atoms with van der Waals surface area (Å²) in [5.41, 5.74) is 2.81. The summed E-state index contributed by atoms with van der Waals surface area (Å²) < 4.78 is 35.9. The van der Waals surface area contributed by atoms with E-state index in [1.165, 1.54) is 5.56 Å². The Morgan fingerprint density at radius 3 is 2.62 bits per heavy atom. The van der Waals surface area contributed by atoms with Crippen LogP contribution in [0, 0.1) is 0 Å². The highest BCUT2D eigenvalue weighted by Crippen LogP contribution is 2.46. The minimum Gasteiger partial charge on any atom is -0.748 e. The average Bonchev–Trinajstić information content (AvgIpc) is 3.25. The van der Waals surface area contributed by atoms with Crippen molar-refractivity contribution in [3.63, 3.8) is 0 Å². The largest absolute Gasteiger partial charge is 0.748 e. The van der Waals surface area contributed by atoms with Crippen molar-refractivity contribution < 1.29 is 27.4 Å². The molecule has 0 amide bonds. The number of fused-ring (bicyclic) bond motifs is 2. The zero-order chi connectivity index (χ0) is 29.1. The van der Waals surface area contributed by atoms with Crippen LogP contribution in [0.5, 0.6) is 0 Å². The molecule has 2 aliphatic rings. The van der Waals surface area contributed by atoms with E-state index in [2.05, 4.69) is 79.1 Å². The standard InChI is InChI=1S/C30H40N4O5S/c1-29(2)23-13-10-19-33(18-7-5-6-16-26(35)36)28(23)32-24(29)14-8-15-25-30(3,4)22-12-9-17-31-27(22)34(25)20-11-21-40(37,38)39/h8-10,12-15,17,19,24H,5-7,11,16,18,20-21H2,1-4H3,(H2,35,36,37,38,39)/b14-8+,25-15-. The number of unbranched alkanes of at least 4 members (excludes halogenated alkanes) is 2. The minimum atomic E-state index is -4.29. The Labute approximate surface area is 237 Å². The predicted molar refractivity (Wildman–Crippen MR) is 154 cm³/mol. The lowest BCUT2D eigenvalue weighted by Gasteiger charge is -2.26. The van der Waals surface area contributed by atoms with Crippen LogP contribution in [0.15, 0.2) is 60.6 Å². The SMILES string of the molecule is CC1(C)/C(=C/C=C/C2Nc3c(ccc[n+]3CCCCCC(=O)O)C2(C)C)N(CCCS(=O)(=O)[O-])c2ncccc21. The molecule has 1 unspecified atom stereocenters. The fourth-order valence-corrected chi connectivity index (χ4v) is 6.29. The van der Waals surface area contributed by atoms with Crippen LogP contribution >= 0.6 is 0 Å². The molecular formula is C30H40N4O5S. The number of hydrogen-bond acceptors (Lipinski definition) is 7. The number of aromatic nitrogens is 2. The van der Waals surface area contributed by atoms with E-state index in [4.69, 9.17) is 5.11 Å². The molecule has 40 heavy (non-hydrogen) atoms. The molecule has 4 rings (SSSR count). The van der Waals surface area contributed by atoms with Crippen LogP contribution in [0.4, 0.5) is 11.6 Å². The number of nitrogens with one attached hydrogen (secondary N) is 1. The maximum atomic E-state index is 11.2. The molecule has 9 nitrogen and oxygen atoms in total. The molecule has 10 heteroatoms. The Morgan fingerprint density at radius 1 is 1.15 bits per heavy atom. The highest BCUT2D eigenvalue weighted by Gasteiger charge is 2.45. The molecule has 4 heterocycles. The van der Waals surface area contributed by atoms with Gasteiger partial charge in [-0.25, -0.2) is 18.0 Å². The predicted octanol–water partition coefficient (Wildman–Crippen LogP) is 4.26.